The van der Waals surface area contributed by atoms with E-state index in [0.29, 0.717) is 17.2 Å². The van der Waals surface area contributed by atoms with Crippen molar-refractivity contribution in [2.45, 2.75) is 26.3 Å². The lowest BCUT2D eigenvalue weighted by atomic mass is 10.1. The molecule has 1 saturated heterocycles. The van der Waals surface area contributed by atoms with Gasteiger partial charge in [-0.15, -0.1) is 5.10 Å². The van der Waals surface area contributed by atoms with Crippen molar-refractivity contribution in [2.75, 3.05) is 38.5 Å². The van der Waals surface area contributed by atoms with Gasteiger partial charge in [0.25, 0.3) is 5.91 Å². The van der Waals surface area contributed by atoms with E-state index in [9.17, 15) is 4.79 Å². The number of benzene rings is 1. The van der Waals surface area contributed by atoms with E-state index in [4.69, 9.17) is 0 Å². The first kappa shape index (κ1) is 22.9. The number of carbonyl (C=O) groups excluding carboxylic acids is 1. The van der Waals surface area contributed by atoms with Gasteiger partial charge in [-0.25, -0.2) is 14.6 Å². The monoisotopic (exact) mass is 470 g/mol. The number of amides is 1. The molecule has 1 fully saturated rings. The Hall–Kier alpha value is -3.85. The van der Waals surface area contributed by atoms with Crippen molar-refractivity contribution < 1.29 is 4.79 Å². The molecule has 5 rings (SSSR count). The van der Waals surface area contributed by atoms with Gasteiger partial charge >= 0.3 is 0 Å². The molecule has 0 unspecified atom stereocenters. The average molecular weight is 471 g/mol. The molecular weight excluding hydrogens is 440 g/mol. The first-order chi connectivity index (χ1) is 17.0. The van der Waals surface area contributed by atoms with E-state index in [1.165, 1.54) is 0 Å². The Morgan fingerprint density at radius 2 is 1.69 bits per heavy atom. The molecule has 4 aromatic rings. The molecule has 3 aromatic heterocycles. The molecule has 180 valence electrons. The molecule has 0 radical (unpaired) electrons. The van der Waals surface area contributed by atoms with Crippen LogP contribution >= 0.6 is 0 Å². The summed E-state index contributed by atoms with van der Waals surface area (Å²) < 4.78 is 1.92. The molecule has 1 aromatic carbocycles. The number of pyridine rings is 2. The van der Waals surface area contributed by atoms with Gasteiger partial charge in [-0.3, -0.25) is 4.79 Å². The fraction of sp³-hybridized carbons (Fsp3) is 0.346. The Kier molecular flexibility index (Phi) is 6.41. The lowest BCUT2D eigenvalue weighted by molar-refractivity contribution is 0.0762. The zero-order valence-electron chi connectivity index (χ0n) is 20.3. The standard InChI is InChI=1S/C26H30N8O/c1-18(2)34-23-15-19(5-6-22(23)30-31-34)20-7-9-27-24(16-20)29-25-17-21(8-10-28-25)26(35)33-12-4-11-32(3)13-14-33/h5-10,15-18H,4,11-14H2,1-3H3,(H,27,28,29). The molecule has 1 N–H and O–H groups in total. The molecule has 1 aliphatic rings. The largest absolute Gasteiger partial charge is 0.337 e. The number of nitrogens with zero attached hydrogens (tertiary/aromatic N) is 7. The second kappa shape index (κ2) is 9.79. The van der Waals surface area contributed by atoms with Crippen LogP contribution in [0.15, 0.2) is 54.9 Å². The van der Waals surface area contributed by atoms with Crippen molar-refractivity contribution >= 4 is 28.6 Å². The van der Waals surface area contributed by atoms with Crippen LogP contribution in [-0.2, 0) is 0 Å². The van der Waals surface area contributed by atoms with Gasteiger partial charge in [0.15, 0.2) is 0 Å². The Labute approximate surface area is 204 Å². The average Bonchev–Trinajstić information content (AvgIpc) is 3.18. The van der Waals surface area contributed by atoms with Crippen molar-refractivity contribution in [3.8, 4) is 11.1 Å². The minimum absolute atomic E-state index is 0.0381. The summed E-state index contributed by atoms with van der Waals surface area (Å²) >= 11 is 0. The Morgan fingerprint density at radius 3 is 2.51 bits per heavy atom. The van der Waals surface area contributed by atoms with Gasteiger partial charge in [0.05, 0.1) is 5.52 Å². The number of nitrogens with one attached hydrogen (secondary N) is 1. The van der Waals surface area contributed by atoms with Crippen molar-refractivity contribution in [3.63, 3.8) is 0 Å². The van der Waals surface area contributed by atoms with E-state index < -0.39 is 0 Å². The van der Waals surface area contributed by atoms with Crippen molar-refractivity contribution in [3.05, 3.63) is 60.4 Å². The van der Waals surface area contributed by atoms with Crippen LogP contribution in [0.2, 0.25) is 0 Å². The van der Waals surface area contributed by atoms with Gasteiger partial charge in [-0.2, -0.15) is 0 Å². The van der Waals surface area contributed by atoms with Crippen molar-refractivity contribution in [1.82, 2.24) is 34.8 Å². The predicted molar refractivity (Wildman–Crippen MR) is 137 cm³/mol. The fourth-order valence-electron chi connectivity index (χ4n) is 4.37. The Balaban J connectivity index is 1.36. The number of aromatic nitrogens is 5. The number of fused-ring (bicyclic) bond motifs is 1. The van der Waals surface area contributed by atoms with E-state index in [2.05, 4.69) is 57.5 Å². The fourth-order valence-corrected chi connectivity index (χ4v) is 4.37. The van der Waals surface area contributed by atoms with Gasteiger partial charge in [0.2, 0.25) is 0 Å². The molecule has 4 heterocycles. The highest BCUT2D eigenvalue weighted by molar-refractivity contribution is 5.95. The van der Waals surface area contributed by atoms with Gasteiger partial charge in [0.1, 0.15) is 17.2 Å². The SMILES string of the molecule is CC(C)n1nnc2ccc(-c3ccnc(Nc4cc(C(=O)N5CCCN(C)CC5)ccn4)c3)cc21. The highest BCUT2D eigenvalue weighted by Gasteiger charge is 2.19. The molecule has 0 spiro atoms. The minimum Gasteiger partial charge on any atom is -0.337 e. The number of likely N-dealkylation sites (N-methyl/N-ethyl adjacent to an activating group) is 1. The summed E-state index contributed by atoms with van der Waals surface area (Å²) in [6.07, 6.45) is 4.41. The first-order valence-electron chi connectivity index (χ1n) is 12.0. The van der Waals surface area contributed by atoms with E-state index in [1.54, 1.807) is 24.5 Å². The van der Waals surface area contributed by atoms with E-state index in [-0.39, 0.29) is 11.9 Å². The summed E-state index contributed by atoms with van der Waals surface area (Å²) in [6, 6.07) is 13.9. The maximum atomic E-state index is 13.1. The van der Waals surface area contributed by atoms with Gasteiger partial charge < -0.3 is 15.1 Å². The third-order valence-corrected chi connectivity index (χ3v) is 6.32. The highest BCUT2D eigenvalue weighted by Crippen LogP contribution is 2.27. The summed E-state index contributed by atoms with van der Waals surface area (Å²) in [7, 11) is 2.09. The molecule has 0 aliphatic carbocycles. The second-order valence-corrected chi connectivity index (χ2v) is 9.26. The summed E-state index contributed by atoms with van der Waals surface area (Å²) in [5, 5.41) is 11.8. The lowest BCUT2D eigenvalue weighted by Gasteiger charge is -2.20. The smallest absolute Gasteiger partial charge is 0.254 e. The van der Waals surface area contributed by atoms with Crippen LogP contribution in [0.3, 0.4) is 0 Å². The van der Waals surface area contributed by atoms with Crippen LogP contribution < -0.4 is 5.32 Å². The number of rotatable bonds is 5. The molecule has 1 amide bonds. The zero-order valence-corrected chi connectivity index (χ0v) is 20.3. The molecule has 0 atom stereocenters. The molecule has 0 saturated carbocycles. The number of hydrogen-bond donors (Lipinski definition) is 1. The van der Waals surface area contributed by atoms with E-state index >= 15 is 0 Å². The van der Waals surface area contributed by atoms with Gasteiger partial charge in [-0.05, 0) is 81.4 Å². The Bertz CT molecular complexity index is 1350. The molecule has 9 heteroatoms. The first-order valence-corrected chi connectivity index (χ1v) is 12.0. The predicted octanol–water partition coefficient (Wildman–Crippen LogP) is 3.99. The molecule has 35 heavy (non-hydrogen) atoms. The van der Waals surface area contributed by atoms with E-state index in [1.807, 2.05) is 33.8 Å². The normalized spacial score (nSPS) is 14.9. The van der Waals surface area contributed by atoms with Crippen LogP contribution in [0.5, 0.6) is 0 Å². The van der Waals surface area contributed by atoms with Crippen molar-refractivity contribution in [2.24, 2.45) is 0 Å². The Morgan fingerprint density at radius 1 is 0.914 bits per heavy atom. The third-order valence-electron chi connectivity index (χ3n) is 6.32. The number of carbonyl (C=O) groups is 1. The third kappa shape index (κ3) is 5.00. The number of anilines is 2. The van der Waals surface area contributed by atoms with Gasteiger partial charge in [-0.1, -0.05) is 11.3 Å². The van der Waals surface area contributed by atoms with Gasteiger partial charge in [0, 0.05) is 43.6 Å². The second-order valence-electron chi connectivity index (χ2n) is 9.26. The van der Waals surface area contributed by atoms with Crippen LogP contribution in [0.4, 0.5) is 11.6 Å². The lowest BCUT2D eigenvalue weighted by Crippen LogP contribution is -2.34. The topological polar surface area (TPSA) is 92.1 Å². The quantitative estimate of drug-likeness (QED) is 0.471. The molecule has 1 aliphatic heterocycles. The summed E-state index contributed by atoms with van der Waals surface area (Å²) in [5.74, 6) is 1.28. The number of hydrogen-bond acceptors (Lipinski definition) is 7. The minimum atomic E-state index is 0.0381. The zero-order chi connectivity index (χ0) is 24.4. The maximum absolute atomic E-state index is 13.1. The highest BCUT2D eigenvalue weighted by atomic mass is 16.2. The molecule has 9 nitrogen and oxygen atoms in total. The molecular formula is C26H30N8O. The van der Waals surface area contributed by atoms with Crippen LogP contribution in [0.25, 0.3) is 22.2 Å². The van der Waals surface area contributed by atoms with E-state index in [0.717, 1.165) is 54.8 Å². The summed E-state index contributed by atoms with van der Waals surface area (Å²) in [4.78, 5) is 26.1. The summed E-state index contributed by atoms with van der Waals surface area (Å²) in [5.41, 5.74) is 4.56. The maximum Gasteiger partial charge on any atom is 0.254 e. The van der Waals surface area contributed by atoms with Crippen LogP contribution in [0.1, 0.15) is 36.7 Å². The summed E-state index contributed by atoms with van der Waals surface area (Å²) in [6.45, 7) is 7.59. The molecule has 0 bridgehead atoms. The van der Waals surface area contributed by atoms with Crippen molar-refractivity contribution in [1.29, 1.82) is 0 Å². The van der Waals surface area contributed by atoms with Crippen LogP contribution in [-0.4, -0.2) is 73.9 Å². The van der Waals surface area contributed by atoms with Crippen LogP contribution in [0, 0.1) is 0 Å².